The van der Waals surface area contributed by atoms with Crippen molar-refractivity contribution in [1.82, 2.24) is 4.90 Å². The number of hydrogen-bond donors (Lipinski definition) is 1. The Bertz CT molecular complexity index is 169. The van der Waals surface area contributed by atoms with Crippen molar-refractivity contribution < 1.29 is 4.79 Å². The third kappa shape index (κ3) is 0.669. The van der Waals surface area contributed by atoms with E-state index in [0.717, 1.165) is 13.0 Å². The molecule has 0 radical (unpaired) electrons. The smallest absolute Gasteiger partial charge is 0.234 e. The highest BCUT2D eigenvalue weighted by Gasteiger charge is 2.41. The number of primary amides is 1. The summed E-state index contributed by atoms with van der Waals surface area (Å²) in [5.74, 6) is -0.137. The second kappa shape index (κ2) is 1.95. The summed E-state index contributed by atoms with van der Waals surface area (Å²) in [6, 6.07) is 0.760. The van der Waals surface area contributed by atoms with Crippen molar-refractivity contribution >= 4 is 5.91 Å². The molecule has 10 heavy (non-hydrogen) atoms. The lowest BCUT2D eigenvalue weighted by Crippen LogP contribution is -2.51. The SMILES string of the molecule is NC(=O)C1CC[C@H]2CCN12. The van der Waals surface area contributed by atoms with E-state index in [-0.39, 0.29) is 11.9 Å². The van der Waals surface area contributed by atoms with E-state index in [9.17, 15) is 4.79 Å². The van der Waals surface area contributed by atoms with Crippen molar-refractivity contribution in [3.05, 3.63) is 0 Å². The molecule has 1 amide bonds. The number of rotatable bonds is 1. The Kier molecular flexibility index (Phi) is 1.20. The summed E-state index contributed by atoms with van der Waals surface area (Å²) in [5, 5.41) is 0. The highest BCUT2D eigenvalue weighted by molar-refractivity contribution is 5.80. The Morgan fingerprint density at radius 3 is 2.50 bits per heavy atom. The average molecular weight is 140 g/mol. The zero-order valence-corrected chi connectivity index (χ0v) is 5.92. The number of carbonyl (C=O) groups is 1. The minimum atomic E-state index is -0.137. The molecule has 0 aliphatic carbocycles. The summed E-state index contributed by atoms with van der Waals surface area (Å²) >= 11 is 0. The molecule has 3 heteroatoms. The number of nitrogens with two attached hydrogens (primary N) is 1. The molecule has 0 saturated carbocycles. The molecule has 0 spiro atoms. The van der Waals surface area contributed by atoms with Gasteiger partial charge >= 0.3 is 0 Å². The maximum atomic E-state index is 10.8. The lowest BCUT2D eigenvalue weighted by atomic mass is 10.1. The van der Waals surface area contributed by atoms with Gasteiger partial charge in [0.2, 0.25) is 5.91 Å². The molecular formula is C7H12N2O. The van der Waals surface area contributed by atoms with E-state index in [2.05, 4.69) is 4.90 Å². The Morgan fingerprint density at radius 1 is 1.40 bits per heavy atom. The second-order valence-corrected chi connectivity index (χ2v) is 3.18. The fourth-order valence-electron chi connectivity index (χ4n) is 2.00. The van der Waals surface area contributed by atoms with Gasteiger partial charge in [-0.1, -0.05) is 0 Å². The molecule has 2 N–H and O–H groups in total. The summed E-state index contributed by atoms with van der Waals surface area (Å²) in [7, 11) is 0. The van der Waals surface area contributed by atoms with Gasteiger partial charge in [0.05, 0.1) is 6.04 Å². The van der Waals surface area contributed by atoms with Gasteiger partial charge in [0.15, 0.2) is 0 Å². The lowest BCUT2D eigenvalue weighted by molar-refractivity contribution is -0.124. The monoisotopic (exact) mass is 140 g/mol. The number of nitrogens with zero attached hydrogens (tertiary/aromatic N) is 1. The molecule has 3 nitrogen and oxygen atoms in total. The van der Waals surface area contributed by atoms with Gasteiger partial charge in [-0.3, -0.25) is 9.69 Å². The van der Waals surface area contributed by atoms with Crippen LogP contribution in [0.15, 0.2) is 0 Å². The fourth-order valence-corrected chi connectivity index (χ4v) is 2.00. The van der Waals surface area contributed by atoms with Gasteiger partial charge in [0, 0.05) is 12.6 Å². The number of amides is 1. The van der Waals surface area contributed by atoms with E-state index in [1.807, 2.05) is 0 Å². The molecule has 0 aromatic carbocycles. The molecule has 0 aromatic heterocycles. The van der Waals surface area contributed by atoms with Gasteiger partial charge in [-0.15, -0.1) is 0 Å². The van der Waals surface area contributed by atoms with Crippen LogP contribution in [0, 0.1) is 0 Å². The first kappa shape index (κ1) is 6.16. The Balaban J connectivity index is 2.05. The van der Waals surface area contributed by atoms with Gasteiger partial charge in [-0.2, -0.15) is 0 Å². The summed E-state index contributed by atoms with van der Waals surface area (Å²) in [6.45, 7) is 1.08. The fraction of sp³-hybridized carbons (Fsp3) is 0.857. The molecule has 2 fully saturated rings. The summed E-state index contributed by atoms with van der Waals surface area (Å²) in [6.07, 6.45) is 3.43. The minimum Gasteiger partial charge on any atom is -0.368 e. The van der Waals surface area contributed by atoms with Crippen LogP contribution in [0.4, 0.5) is 0 Å². The molecular weight excluding hydrogens is 128 g/mol. The number of fused-ring (bicyclic) bond motifs is 1. The third-order valence-electron chi connectivity index (χ3n) is 2.69. The highest BCUT2D eigenvalue weighted by atomic mass is 16.1. The van der Waals surface area contributed by atoms with Gasteiger partial charge in [-0.05, 0) is 19.3 Å². The molecule has 2 aliphatic heterocycles. The van der Waals surface area contributed by atoms with Crippen molar-refractivity contribution in [3.63, 3.8) is 0 Å². The number of hydrogen-bond acceptors (Lipinski definition) is 2. The van der Waals surface area contributed by atoms with Crippen molar-refractivity contribution in [3.8, 4) is 0 Å². The van der Waals surface area contributed by atoms with Gasteiger partial charge in [0.1, 0.15) is 0 Å². The van der Waals surface area contributed by atoms with E-state index in [1.54, 1.807) is 0 Å². The summed E-state index contributed by atoms with van der Waals surface area (Å²) < 4.78 is 0. The van der Waals surface area contributed by atoms with Crippen LogP contribution >= 0.6 is 0 Å². The first-order chi connectivity index (χ1) is 4.79. The van der Waals surface area contributed by atoms with Crippen LogP contribution in [0.5, 0.6) is 0 Å². The van der Waals surface area contributed by atoms with Crippen molar-refractivity contribution in [2.45, 2.75) is 31.3 Å². The molecule has 2 rings (SSSR count). The van der Waals surface area contributed by atoms with Crippen LogP contribution in [0.1, 0.15) is 19.3 Å². The van der Waals surface area contributed by atoms with Crippen LogP contribution in [-0.2, 0) is 4.79 Å². The van der Waals surface area contributed by atoms with Crippen molar-refractivity contribution in [2.24, 2.45) is 5.73 Å². The Labute approximate surface area is 60.2 Å². The maximum Gasteiger partial charge on any atom is 0.234 e. The third-order valence-corrected chi connectivity index (χ3v) is 2.69. The lowest BCUT2D eigenvalue weighted by Gasteiger charge is -2.37. The molecule has 0 bridgehead atoms. The van der Waals surface area contributed by atoms with E-state index < -0.39 is 0 Å². The molecule has 2 saturated heterocycles. The molecule has 1 unspecified atom stereocenters. The number of carbonyl (C=O) groups excluding carboxylic acids is 1. The first-order valence-electron chi connectivity index (χ1n) is 3.84. The van der Waals surface area contributed by atoms with E-state index in [1.165, 1.54) is 12.8 Å². The zero-order chi connectivity index (χ0) is 7.14. The first-order valence-corrected chi connectivity index (χ1v) is 3.84. The van der Waals surface area contributed by atoms with Crippen LogP contribution in [0.25, 0.3) is 0 Å². The normalized spacial score (nSPS) is 38.8. The summed E-state index contributed by atoms with van der Waals surface area (Å²) in [5.41, 5.74) is 5.20. The second-order valence-electron chi connectivity index (χ2n) is 3.18. The van der Waals surface area contributed by atoms with E-state index in [0.29, 0.717) is 6.04 Å². The zero-order valence-electron chi connectivity index (χ0n) is 5.92. The van der Waals surface area contributed by atoms with Gasteiger partial charge < -0.3 is 5.73 Å². The van der Waals surface area contributed by atoms with Crippen LogP contribution in [0.2, 0.25) is 0 Å². The Morgan fingerprint density at radius 2 is 2.20 bits per heavy atom. The highest BCUT2D eigenvalue weighted by Crippen LogP contribution is 2.33. The minimum absolute atomic E-state index is 0.0683. The Hall–Kier alpha value is -0.570. The van der Waals surface area contributed by atoms with Gasteiger partial charge in [0.25, 0.3) is 0 Å². The largest absolute Gasteiger partial charge is 0.368 e. The van der Waals surface area contributed by atoms with E-state index in [4.69, 9.17) is 5.73 Å². The summed E-state index contributed by atoms with van der Waals surface area (Å²) in [4.78, 5) is 13.0. The van der Waals surface area contributed by atoms with Gasteiger partial charge in [-0.25, -0.2) is 0 Å². The molecule has 0 aromatic rings. The van der Waals surface area contributed by atoms with Crippen LogP contribution in [0.3, 0.4) is 0 Å². The van der Waals surface area contributed by atoms with E-state index >= 15 is 0 Å². The maximum absolute atomic E-state index is 10.8. The quantitative estimate of drug-likeness (QED) is 0.544. The van der Waals surface area contributed by atoms with Crippen LogP contribution < -0.4 is 5.73 Å². The standard InChI is InChI=1S/C7H12N2O/c8-7(10)6-2-1-5-3-4-9(5)6/h5-6H,1-4H2,(H2,8,10)/t5-,6?/m0/s1. The van der Waals surface area contributed by atoms with Crippen LogP contribution in [-0.4, -0.2) is 29.4 Å². The van der Waals surface area contributed by atoms with Crippen molar-refractivity contribution in [1.29, 1.82) is 0 Å². The predicted molar refractivity (Wildman–Crippen MR) is 37.3 cm³/mol. The molecule has 2 aliphatic rings. The van der Waals surface area contributed by atoms with Crippen molar-refractivity contribution in [2.75, 3.05) is 6.54 Å². The molecule has 56 valence electrons. The molecule has 2 atom stereocenters. The predicted octanol–water partition coefficient (Wildman–Crippen LogP) is -0.292. The average Bonchev–Trinajstić information content (AvgIpc) is 2.07. The topological polar surface area (TPSA) is 46.3 Å². The molecule has 2 heterocycles.